The zero-order chi connectivity index (χ0) is 13.8. The Bertz CT molecular complexity index is 465. The fraction of sp³-hybridized carbons (Fsp3) is 0.417. The first-order valence-corrected chi connectivity index (χ1v) is 5.83. The highest BCUT2D eigenvalue weighted by Crippen LogP contribution is 2.26. The number of amidine groups is 1. The van der Waals surface area contributed by atoms with Gasteiger partial charge in [0.2, 0.25) is 0 Å². The van der Waals surface area contributed by atoms with Crippen LogP contribution in [0.2, 0.25) is 0 Å². The minimum Gasteiger partial charge on any atom is -0.484 e. The Morgan fingerprint density at radius 3 is 2.42 bits per heavy atom. The molecule has 19 heavy (non-hydrogen) atoms. The highest BCUT2D eigenvalue weighted by atomic mass is 19.1. The van der Waals surface area contributed by atoms with Crippen LogP contribution in [-0.2, 0) is 4.74 Å². The van der Waals surface area contributed by atoms with Crippen LogP contribution in [0.3, 0.4) is 0 Å². The van der Waals surface area contributed by atoms with Crippen molar-refractivity contribution in [3.63, 3.8) is 0 Å². The van der Waals surface area contributed by atoms with Crippen molar-refractivity contribution in [1.82, 2.24) is 0 Å². The fourth-order valence-corrected chi connectivity index (χ4v) is 1.84. The van der Waals surface area contributed by atoms with Gasteiger partial charge in [-0.3, -0.25) is 0 Å². The molecule has 0 spiro atoms. The van der Waals surface area contributed by atoms with Crippen molar-refractivity contribution in [1.29, 1.82) is 0 Å². The van der Waals surface area contributed by atoms with Crippen LogP contribution in [0.25, 0.3) is 0 Å². The van der Waals surface area contributed by atoms with Gasteiger partial charge in [-0.15, -0.1) is 0 Å². The summed E-state index contributed by atoms with van der Waals surface area (Å²) in [6.45, 7) is 1.02. The van der Waals surface area contributed by atoms with Crippen molar-refractivity contribution in [3.05, 3.63) is 29.3 Å². The number of benzene rings is 1. The SMILES string of the molecule is N/C(=N/O)c1cc(F)c(OC2CCOCC2)c(F)c1. The maximum absolute atomic E-state index is 13.8. The molecule has 2 rings (SSSR count). The van der Waals surface area contributed by atoms with Crippen LogP contribution in [0.15, 0.2) is 17.3 Å². The minimum atomic E-state index is -0.881. The van der Waals surface area contributed by atoms with Gasteiger partial charge < -0.3 is 20.4 Å². The summed E-state index contributed by atoms with van der Waals surface area (Å²) in [6, 6.07) is 1.93. The van der Waals surface area contributed by atoms with Crippen molar-refractivity contribution < 1.29 is 23.5 Å². The van der Waals surface area contributed by atoms with Crippen molar-refractivity contribution in [2.45, 2.75) is 18.9 Å². The van der Waals surface area contributed by atoms with Crippen LogP contribution >= 0.6 is 0 Å². The van der Waals surface area contributed by atoms with E-state index < -0.39 is 17.4 Å². The lowest BCUT2D eigenvalue weighted by molar-refractivity contribution is 0.0223. The summed E-state index contributed by atoms with van der Waals surface area (Å²) in [5, 5.41) is 11.2. The van der Waals surface area contributed by atoms with Crippen molar-refractivity contribution in [2.75, 3.05) is 13.2 Å². The molecule has 0 atom stereocenters. The van der Waals surface area contributed by atoms with E-state index >= 15 is 0 Å². The largest absolute Gasteiger partial charge is 0.484 e. The minimum absolute atomic E-state index is 0.0446. The zero-order valence-electron chi connectivity index (χ0n) is 10.1. The normalized spacial score (nSPS) is 17.5. The van der Waals surface area contributed by atoms with E-state index in [0.717, 1.165) is 12.1 Å². The lowest BCUT2D eigenvalue weighted by Gasteiger charge is -2.23. The van der Waals surface area contributed by atoms with Crippen molar-refractivity contribution in [3.8, 4) is 5.75 Å². The summed E-state index contributed by atoms with van der Waals surface area (Å²) in [5.74, 6) is -2.57. The summed E-state index contributed by atoms with van der Waals surface area (Å²) in [5.41, 5.74) is 5.23. The third kappa shape index (κ3) is 3.11. The number of hydrogen-bond acceptors (Lipinski definition) is 4. The number of nitrogens with zero attached hydrogens (tertiary/aromatic N) is 1. The Morgan fingerprint density at radius 1 is 1.32 bits per heavy atom. The van der Waals surface area contributed by atoms with E-state index in [4.69, 9.17) is 20.4 Å². The van der Waals surface area contributed by atoms with E-state index in [1.807, 2.05) is 0 Å². The number of nitrogens with two attached hydrogens (primary N) is 1. The van der Waals surface area contributed by atoms with E-state index in [-0.39, 0.29) is 17.5 Å². The molecule has 0 aromatic heterocycles. The summed E-state index contributed by atoms with van der Waals surface area (Å²) < 4.78 is 38.0. The van der Waals surface area contributed by atoms with Gasteiger partial charge in [0.05, 0.1) is 13.2 Å². The lowest BCUT2D eigenvalue weighted by atomic mass is 10.1. The summed E-state index contributed by atoms with van der Waals surface area (Å²) in [6.07, 6.45) is 0.898. The molecule has 1 saturated heterocycles. The number of oxime groups is 1. The molecule has 0 saturated carbocycles. The molecule has 5 nitrogen and oxygen atoms in total. The Balaban J connectivity index is 2.21. The molecule has 1 aromatic rings. The number of rotatable bonds is 3. The molecule has 7 heteroatoms. The van der Waals surface area contributed by atoms with Gasteiger partial charge in [0, 0.05) is 18.4 Å². The van der Waals surface area contributed by atoms with E-state index in [1.54, 1.807) is 0 Å². The van der Waals surface area contributed by atoms with Gasteiger partial charge in [0.1, 0.15) is 6.10 Å². The van der Waals surface area contributed by atoms with Crippen LogP contribution in [0, 0.1) is 11.6 Å². The van der Waals surface area contributed by atoms with Crippen LogP contribution in [-0.4, -0.2) is 30.4 Å². The molecule has 1 fully saturated rings. The summed E-state index contributed by atoms with van der Waals surface area (Å²) in [7, 11) is 0. The molecule has 1 aliphatic rings. The molecular weight excluding hydrogens is 258 g/mol. The quantitative estimate of drug-likeness (QED) is 0.379. The van der Waals surface area contributed by atoms with Crippen molar-refractivity contribution >= 4 is 5.84 Å². The predicted octanol–water partition coefficient (Wildman–Crippen LogP) is 1.62. The fourth-order valence-electron chi connectivity index (χ4n) is 1.84. The Morgan fingerprint density at radius 2 is 1.89 bits per heavy atom. The number of halogens is 2. The van der Waals surface area contributed by atoms with Crippen LogP contribution < -0.4 is 10.5 Å². The second-order valence-corrected chi connectivity index (χ2v) is 4.18. The van der Waals surface area contributed by atoms with E-state index in [2.05, 4.69) is 5.16 Å². The molecule has 104 valence electrons. The molecule has 0 aliphatic carbocycles. The third-order valence-corrected chi connectivity index (χ3v) is 2.85. The maximum atomic E-state index is 13.8. The summed E-state index contributed by atoms with van der Waals surface area (Å²) >= 11 is 0. The zero-order valence-corrected chi connectivity index (χ0v) is 10.1. The molecule has 0 unspecified atom stereocenters. The van der Waals surface area contributed by atoms with Gasteiger partial charge >= 0.3 is 0 Å². The first kappa shape index (κ1) is 13.5. The smallest absolute Gasteiger partial charge is 0.191 e. The average molecular weight is 272 g/mol. The molecule has 0 radical (unpaired) electrons. The van der Waals surface area contributed by atoms with Crippen molar-refractivity contribution in [2.24, 2.45) is 10.9 Å². The van der Waals surface area contributed by atoms with Gasteiger partial charge in [0.25, 0.3) is 0 Å². The average Bonchev–Trinajstić information content (AvgIpc) is 2.43. The second kappa shape index (κ2) is 5.83. The third-order valence-electron chi connectivity index (χ3n) is 2.85. The van der Waals surface area contributed by atoms with Gasteiger partial charge in [0.15, 0.2) is 23.2 Å². The first-order valence-electron chi connectivity index (χ1n) is 5.83. The number of ether oxygens (including phenoxy) is 2. The maximum Gasteiger partial charge on any atom is 0.191 e. The monoisotopic (exact) mass is 272 g/mol. The van der Waals surface area contributed by atoms with E-state index in [9.17, 15) is 8.78 Å². The van der Waals surface area contributed by atoms with Gasteiger partial charge in [-0.25, -0.2) is 8.78 Å². The molecule has 1 aromatic carbocycles. The van der Waals surface area contributed by atoms with Gasteiger partial charge in [-0.1, -0.05) is 5.16 Å². The van der Waals surface area contributed by atoms with E-state index in [0.29, 0.717) is 26.1 Å². The first-order chi connectivity index (χ1) is 9.11. The van der Waals surface area contributed by atoms with Crippen LogP contribution in [0.1, 0.15) is 18.4 Å². The summed E-state index contributed by atoms with van der Waals surface area (Å²) in [4.78, 5) is 0. The lowest BCUT2D eigenvalue weighted by Crippen LogP contribution is -2.26. The molecule has 1 heterocycles. The standard InChI is InChI=1S/C12H14F2N2O3/c13-9-5-7(12(15)16-17)6-10(14)11(9)19-8-1-3-18-4-2-8/h5-6,8,17H,1-4H2,(H2,15,16). The number of hydrogen-bond donors (Lipinski definition) is 2. The van der Waals surface area contributed by atoms with Crippen LogP contribution in [0.5, 0.6) is 5.75 Å². The molecule has 0 bridgehead atoms. The highest BCUT2D eigenvalue weighted by molar-refractivity contribution is 5.97. The van der Waals surface area contributed by atoms with Crippen LogP contribution in [0.4, 0.5) is 8.78 Å². The molecular formula is C12H14F2N2O3. The highest BCUT2D eigenvalue weighted by Gasteiger charge is 2.21. The topological polar surface area (TPSA) is 77.1 Å². The molecule has 0 amide bonds. The second-order valence-electron chi connectivity index (χ2n) is 4.18. The Kier molecular flexibility index (Phi) is 4.16. The van der Waals surface area contributed by atoms with Gasteiger partial charge in [-0.05, 0) is 12.1 Å². The molecule has 1 aliphatic heterocycles. The Hall–Kier alpha value is -1.89. The van der Waals surface area contributed by atoms with E-state index in [1.165, 1.54) is 0 Å². The van der Waals surface area contributed by atoms with Gasteiger partial charge in [-0.2, -0.15) is 0 Å². The Labute approximate surface area is 108 Å². The molecule has 3 N–H and O–H groups in total. The predicted molar refractivity (Wildman–Crippen MR) is 63.3 cm³/mol.